The second kappa shape index (κ2) is 6.79. The number of rotatable bonds is 4. The molecular weight excluding hydrogens is 277 g/mol. The molecule has 1 fully saturated rings. The maximum Gasteiger partial charge on any atom is 0.416 e. The zero-order chi connectivity index (χ0) is 15.5. The van der Waals surface area contributed by atoms with Crippen LogP contribution in [0.25, 0.3) is 0 Å². The maximum absolute atomic E-state index is 12.8. The molecule has 2 unspecified atom stereocenters. The molecule has 0 aromatic heterocycles. The zero-order valence-corrected chi connectivity index (χ0v) is 12.6. The highest BCUT2D eigenvalue weighted by molar-refractivity contribution is 5.25. The quantitative estimate of drug-likeness (QED) is 0.913. The van der Waals surface area contributed by atoms with E-state index in [4.69, 9.17) is 0 Å². The van der Waals surface area contributed by atoms with Crippen molar-refractivity contribution in [3.05, 3.63) is 35.4 Å². The molecule has 1 aromatic carbocycles. The SMILES string of the molecule is CCC1CN(Cc2cccc(C(F)(F)F)c2)C(CC)CN1. The number of benzene rings is 1. The van der Waals surface area contributed by atoms with E-state index in [1.165, 1.54) is 12.1 Å². The monoisotopic (exact) mass is 300 g/mol. The molecule has 1 aliphatic heterocycles. The van der Waals surface area contributed by atoms with E-state index in [9.17, 15) is 13.2 Å². The molecule has 1 aliphatic rings. The Labute approximate surface area is 124 Å². The van der Waals surface area contributed by atoms with Crippen molar-refractivity contribution in [3.63, 3.8) is 0 Å². The molecule has 1 aromatic rings. The van der Waals surface area contributed by atoms with E-state index in [1.54, 1.807) is 6.07 Å². The van der Waals surface area contributed by atoms with E-state index in [1.807, 2.05) is 0 Å². The molecular formula is C16H23F3N2. The van der Waals surface area contributed by atoms with Gasteiger partial charge in [-0.1, -0.05) is 32.0 Å². The summed E-state index contributed by atoms with van der Waals surface area (Å²) in [5, 5.41) is 3.50. The molecule has 0 aliphatic carbocycles. The fraction of sp³-hybridized carbons (Fsp3) is 0.625. The number of nitrogens with zero attached hydrogens (tertiary/aromatic N) is 1. The Kier molecular flexibility index (Phi) is 5.27. The Bertz CT molecular complexity index is 459. The van der Waals surface area contributed by atoms with Gasteiger partial charge in [0.15, 0.2) is 0 Å². The number of hydrogen-bond donors (Lipinski definition) is 1. The van der Waals surface area contributed by atoms with Crippen LogP contribution in [-0.4, -0.2) is 30.1 Å². The smallest absolute Gasteiger partial charge is 0.311 e. The fourth-order valence-electron chi connectivity index (χ4n) is 2.88. The highest BCUT2D eigenvalue weighted by Crippen LogP contribution is 2.30. The van der Waals surface area contributed by atoms with Crippen molar-refractivity contribution in [2.24, 2.45) is 0 Å². The number of alkyl halides is 3. The second-order valence-electron chi connectivity index (χ2n) is 5.70. The molecule has 0 bridgehead atoms. The van der Waals surface area contributed by atoms with Crippen LogP contribution in [0.4, 0.5) is 13.2 Å². The van der Waals surface area contributed by atoms with Crippen LogP contribution in [-0.2, 0) is 12.7 Å². The molecule has 118 valence electrons. The van der Waals surface area contributed by atoms with Gasteiger partial charge in [0.25, 0.3) is 0 Å². The maximum atomic E-state index is 12.8. The second-order valence-corrected chi connectivity index (χ2v) is 5.70. The molecule has 0 amide bonds. The Hall–Kier alpha value is -1.07. The van der Waals surface area contributed by atoms with Gasteiger partial charge in [-0.2, -0.15) is 13.2 Å². The predicted octanol–water partition coefficient (Wildman–Crippen LogP) is 3.67. The van der Waals surface area contributed by atoms with Gasteiger partial charge in [0.1, 0.15) is 0 Å². The van der Waals surface area contributed by atoms with Gasteiger partial charge < -0.3 is 5.32 Å². The molecule has 2 atom stereocenters. The van der Waals surface area contributed by atoms with Crippen LogP contribution in [0.15, 0.2) is 24.3 Å². The summed E-state index contributed by atoms with van der Waals surface area (Å²) in [6.07, 6.45) is -2.23. The van der Waals surface area contributed by atoms with Crippen molar-refractivity contribution in [3.8, 4) is 0 Å². The minimum atomic E-state index is -4.27. The Morgan fingerprint density at radius 3 is 2.62 bits per heavy atom. The van der Waals surface area contributed by atoms with Gasteiger partial charge in [-0.3, -0.25) is 4.90 Å². The van der Waals surface area contributed by atoms with E-state index >= 15 is 0 Å². The Balaban J connectivity index is 2.11. The van der Waals surface area contributed by atoms with Crippen LogP contribution in [0.3, 0.4) is 0 Å². The van der Waals surface area contributed by atoms with Crippen molar-refractivity contribution in [1.29, 1.82) is 0 Å². The van der Waals surface area contributed by atoms with E-state index < -0.39 is 11.7 Å². The summed E-state index contributed by atoms with van der Waals surface area (Å²) in [6, 6.07) is 6.51. The summed E-state index contributed by atoms with van der Waals surface area (Å²) in [5.74, 6) is 0. The Morgan fingerprint density at radius 1 is 1.24 bits per heavy atom. The summed E-state index contributed by atoms with van der Waals surface area (Å²) in [5.41, 5.74) is 0.176. The highest BCUT2D eigenvalue weighted by atomic mass is 19.4. The first kappa shape index (κ1) is 16.3. The zero-order valence-electron chi connectivity index (χ0n) is 12.6. The predicted molar refractivity (Wildman–Crippen MR) is 78.0 cm³/mol. The van der Waals surface area contributed by atoms with Gasteiger partial charge in [0, 0.05) is 31.7 Å². The first-order valence-electron chi connectivity index (χ1n) is 7.57. The van der Waals surface area contributed by atoms with Crippen molar-refractivity contribution >= 4 is 0 Å². The average molecular weight is 300 g/mol. The number of halogens is 3. The van der Waals surface area contributed by atoms with Crippen LogP contribution in [0.1, 0.15) is 37.8 Å². The van der Waals surface area contributed by atoms with Gasteiger partial charge in [-0.15, -0.1) is 0 Å². The number of nitrogens with one attached hydrogen (secondary N) is 1. The van der Waals surface area contributed by atoms with E-state index in [0.717, 1.165) is 37.6 Å². The van der Waals surface area contributed by atoms with Crippen LogP contribution >= 0.6 is 0 Å². The molecule has 2 nitrogen and oxygen atoms in total. The summed E-state index contributed by atoms with van der Waals surface area (Å²) >= 11 is 0. The van der Waals surface area contributed by atoms with E-state index in [0.29, 0.717) is 18.6 Å². The molecule has 1 N–H and O–H groups in total. The third-order valence-corrected chi connectivity index (χ3v) is 4.22. The Morgan fingerprint density at radius 2 is 2.00 bits per heavy atom. The van der Waals surface area contributed by atoms with Crippen LogP contribution in [0.2, 0.25) is 0 Å². The lowest BCUT2D eigenvalue weighted by molar-refractivity contribution is -0.137. The third kappa shape index (κ3) is 4.20. The van der Waals surface area contributed by atoms with Gasteiger partial charge in [0.2, 0.25) is 0 Å². The first-order valence-corrected chi connectivity index (χ1v) is 7.57. The minimum Gasteiger partial charge on any atom is -0.311 e. The van der Waals surface area contributed by atoms with Gasteiger partial charge >= 0.3 is 6.18 Å². The standard InChI is InChI=1S/C16H23F3N2/c1-3-14-11-21(15(4-2)9-20-14)10-12-6-5-7-13(8-12)16(17,18)19/h5-8,14-15,20H,3-4,9-11H2,1-2H3. The topological polar surface area (TPSA) is 15.3 Å². The van der Waals surface area contributed by atoms with Crippen LogP contribution in [0, 0.1) is 0 Å². The average Bonchev–Trinajstić information content (AvgIpc) is 2.46. The fourth-order valence-corrected chi connectivity index (χ4v) is 2.88. The molecule has 1 saturated heterocycles. The van der Waals surface area contributed by atoms with Crippen molar-refractivity contribution < 1.29 is 13.2 Å². The molecule has 0 saturated carbocycles. The van der Waals surface area contributed by atoms with Crippen molar-refractivity contribution in [2.45, 2.75) is 51.5 Å². The summed E-state index contributed by atoms with van der Waals surface area (Å²) < 4.78 is 38.3. The van der Waals surface area contributed by atoms with Crippen LogP contribution < -0.4 is 5.32 Å². The number of hydrogen-bond acceptors (Lipinski definition) is 2. The lowest BCUT2D eigenvalue weighted by Crippen LogP contribution is -2.55. The summed E-state index contributed by atoms with van der Waals surface area (Å²) in [4.78, 5) is 2.31. The largest absolute Gasteiger partial charge is 0.416 e. The number of piperazine rings is 1. The molecule has 0 spiro atoms. The lowest BCUT2D eigenvalue weighted by atomic mass is 10.0. The van der Waals surface area contributed by atoms with Crippen molar-refractivity contribution in [1.82, 2.24) is 10.2 Å². The summed E-state index contributed by atoms with van der Waals surface area (Å²) in [7, 11) is 0. The van der Waals surface area contributed by atoms with Crippen LogP contribution in [0.5, 0.6) is 0 Å². The normalized spacial score (nSPS) is 24.2. The molecule has 0 radical (unpaired) electrons. The third-order valence-electron chi connectivity index (χ3n) is 4.22. The molecule has 1 heterocycles. The van der Waals surface area contributed by atoms with Gasteiger partial charge in [-0.25, -0.2) is 0 Å². The van der Waals surface area contributed by atoms with Gasteiger partial charge in [0.05, 0.1) is 5.56 Å². The molecule has 5 heteroatoms. The molecule has 2 rings (SSSR count). The van der Waals surface area contributed by atoms with E-state index in [-0.39, 0.29) is 0 Å². The van der Waals surface area contributed by atoms with Gasteiger partial charge in [-0.05, 0) is 24.5 Å². The highest BCUT2D eigenvalue weighted by Gasteiger charge is 2.31. The van der Waals surface area contributed by atoms with Crippen molar-refractivity contribution in [2.75, 3.05) is 13.1 Å². The van der Waals surface area contributed by atoms with E-state index in [2.05, 4.69) is 24.1 Å². The lowest BCUT2D eigenvalue weighted by Gasteiger charge is -2.40. The minimum absolute atomic E-state index is 0.391. The molecule has 21 heavy (non-hydrogen) atoms. The first-order chi connectivity index (χ1) is 9.94. The summed E-state index contributed by atoms with van der Waals surface area (Å²) in [6.45, 7) is 6.64.